The maximum absolute atomic E-state index is 5.68. The van der Waals surface area contributed by atoms with Gasteiger partial charge in [-0.15, -0.1) is 5.10 Å². The molecule has 2 N–H and O–H groups in total. The van der Waals surface area contributed by atoms with E-state index in [4.69, 9.17) is 10.5 Å². The van der Waals surface area contributed by atoms with E-state index in [2.05, 4.69) is 10.3 Å². The molecule has 0 saturated carbocycles. The Labute approximate surface area is 123 Å². The van der Waals surface area contributed by atoms with Gasteiger partial charge in [-0.25, -0.2) is 4.68 Å². The average molecular weight is 280 g/mol. The summed E-state index contributed by atoms with van der Waals surface area (Å²) in [7, 11) is 0. The maximum Gasteiger partial charge on any atom is 0.119 e. The Morgan fingerprint density at radius 3 is 2.43 bits per heavy atom. The highest BCUT2D eigenvalue weighted by Gasteiger charge is 2.05. The number of hydrogen-bond donors (Lipinski definition) is 1. The van der Waals surface area contributed by atoms with E-state index in [1.165, 1.54) is 0 Å². The van der Waals surface area contributed by atoms with Crippen LogP contribution >= 0.6 is 0 Å². The first-order chi connectivity index (χ1) is 10.3. The largest absolute Gasteiger partial charge is 0.494 e. The number of nitrogens with zero attached hydrogens (tertiary/aromatic N) is 3. The van der Waals surface area contributed by atoms with Gasteiger partial charge in [0, 0.05) is 11.3 Å². The molecule has 0 saturated heterocycles. The van der Waals surface area contributed by atoms with Crippen LogP contribution in [0.5, 0.6) is 5.75 Å². The first-order valence-electron chi connectivity index (χ1n) is 6.78. The molecule has 5 heteroatoms. The number of ether oxygens (including phenoxy) is 1. The molecular weight excluding hydrogens is 264 g/mol. The van der Waals surface area contributed by atoms with E-state index in [1.807, 2.05) is 61.7 Å². The molecule has 0 amide bonds. The third kappa shape index (κ3) is 2.86. The first kappa shape index (κ1) is 13.2. The molecule has 2 aromatic carbocycles. The van der Waals surface area contributed by atoms with E-state index in [1.54, 1.807) is 4.68 Å². The van der Waals surface area contributed by atoms with Gasteiger partial charge in [0.05, 0.1) is 18.5 Å². The minimum atomic E-state index is 0.659. The summed E-state index contributed by atoms with van der Waals surface area (Å²) < 4.78 is 7.16. The lowest BCUT2D eigenvalue weighted by molar-refractivity contribution is 0.340. The summed E-state index contributed by atoms with van der Waals surface area (Å²) in [5.74, 6) is 0.854. The topological polar surface area (TPSA) is 66.0 Å². The molecule has 0 fully saturated rings. The zero-order valence-electron chi connectivity index (χ0n) is 11.7. The highest BCUT2D eigenvalue weighted by atomic mass is 16.5. The van der Waals surface area contributed by atoms with Crippen molar-refractivity contribution >= 4 is 5.69 Å². The monoisotopic (exact) mass is 280 g/mol. The Kier molecular flexibility index (Phi) is 3.55. The van der Waals surface area contributed by atoms with Crippen LogP contribution in [0.1, 0.15) is 6.92 Å². The van der Waals surface area contributed by atoms with E-state index in [-0.39, 0.29) is 0 Å². The standard InChI is InChI=1S/C16H16N4O/c1-2-21-15-9-3-12(4-10-15)16-11-20(19-18-16)14-7-5-13(17)6-8-14/h3-11H,2,17H2,1H3. The number of hydrogen-bond acceptors (Lipinski definition) is 4. The lowest BCUT2D eigenvalue weighted by Crippen LogP contribution is -1.95. The Morgan fingerprint density at radius 2 is 1.76 bits per heavy atom. The molecule has 1 aromatic heterocycles. The molecule has 0 aliphatic carbocycles. The summed E-state index contributed by atoms with van der Waals surface area (Å²) >= 11 is 0. The van der Waals surface area contributed by atoms with Gasteiger partial charge in [-0.05, 0) is 55.5 Å². The second kappa shape index (κ2) is 5.66. The Hall–Kier alpha value is -2.82. The summed E-state index contributed by atoms with van der Waals surface area (Å²) in [4.78, 5) is 0. The van der Waals surface area contributed by atoms with Crippen LogP contribution in [0.25, 0.3) is 16.9 Å². The Bertz CT molecular complexity index is 717. The zero-order valence-corrected chi connectivity index (χ0v) is 11.7. The predicted octanol–water partition coefficient (Wildman–Crippen LogP) is 2.92. The van der Waals surface area contributed by atoms with E-state index < -0.39 is 0 Å². The molecule has 21 heavy (non-hydrogen) atoms. The molecule has 0 aliphatic heterocycles. The van der Waals surface area contributed by atoms with Gasteiger partial charge < -0.3 is 10.5 Å². The van der Waals surface area contributed by atoms with Crippen LogP contribution in [0.2, 0.25) is 0 Å². The molecule has 3 aromatic rings. The summed E-state index contributed by atoms with van der Waals surface area (Å²) in [6, 6.07) is 15.3. The quantitative estimate of drug-likeness (QED) is 0.746. The molecule has 0 aliphatic rings. The number of nitrogens with two attached hydrogens (primary N) is 1. The second-order valence-corrected chi connectivity index (χ2v) is 4.60. The van der Waals surface area contributed by atoms with Crippen molar-refractivity contribution in [3.63, 3.8) is 0 Å². The highest BCUT2D eigenvalue weighted by molar-refractivity contribution is 5.59. The highest BCUT2D eigenvalue weighted by Crippen LogP contribution is 2.21. The van der Waals surface area contributed by atoms with Gasteiger partial charge in [0.15, 0.2) is 0 Å². The third-order valence-electron chi connectivity index (χ3n) is 3.11. The van der Waals surface area contributed by atoms with Crippen molar-refractivity contribution in [1.29, 1.82) is 0 Å². The van der Waals surface area contributed by atoms with E-state index in [0.717, 1.165) is 28.4 Å². The summed E-state index contributed by atoms with van der Waals surface area (Å²) in [5, 5.41) is 8.35. The Balaban J connectivity index is 1.85. The van der Waals surface area contributed by atoms with Crippen molar-refractivity contribution in [2.24, 2.45) is 0 Å². The van der Waals surface area contributed by atoms with Crippen molar-refractivity contribution in [3.8, 4) is 22.7 Å². The van der Waals surface area contributed by atoms with Crippen molar-refractivity contribution in [3.05, 3.63) is 54.7 Å². The zero-order chi connectivity index (χ0) is 14.7. The second-order valence-electron chi connectivity index (χ2n) is 4.60. The fraction of sp³-hybridized carbons (Fsp3) is 0.125. The van der Waals surface area contributed by atoms with Gasteiger partial charge in [0.1, 0.15) is 11.4 Å². The molecule has 5 nitrogen and oxygen atoms in total. The number of aromatic nitrogens is 3. The Morgan fingerprint density at radius 1 is 1.05 bits per heavy atom. The average Bonchev–Trinajstić information content (AvgIpc) is 2.99. The van der Waals surface area contributed by atoms with Gasteiger partial charge in [-0.3, -0.25) is 0 Å². The van der Waals surface area contributed by atoms with Crippen molar-refractivity contribution < 1.29 is 4.74 Å². The van der Waals surface area contributed by atoms with E-state index in [9.17, 15) is 0 Å². The lowest BCUT2D eigenvalue weighted by Gasteiger charge is -2.02. The van der Waals surface area contributed by atoms with Gasteiger partial charge >= 0.3 is 0 Å². The maximum atomic E-state index is 5.68. The van der Waals surface area contributed by atoms with Crippen molar-refractivity contribution in [1.82, 2.24) is 15.0 Å². The normalized spacial score (nSPS) is 10.5. The first-order valence-corrected chi connectivity index (χ1v) is 6.78. The molecule has 0 unspecified atom stereocenters. The fourth-order valence-corrected chi connectivity index (χ4v) is 2.04. The minimum absolute atomic E-state index is 0.659. The van der Waals surface area contributed by atoms with Gasteiger partial charge in [0.25, 0.3) is 0 Å². The number of anilines is 1. The lowest BCUT2D eigenvalue weighted by atomic mass is 10.1. The summed E-state index contributed by atoms with van der Waals surface area (Å²) in [5.41, 5.74) is 9.15. The molecule has 106 valence electrons. The van der Waals surface area contributed by atoms with Crippen LogP contribution in [0.15, 0.2) is 54.7 Å². The van der Waals surface area contributed by atoms with Crippen LogP contribution in [0.3, 0.4) is 0 Å². The third-order valence-corrected chi connectivity index (χ3v) is 3.11. The number of rotatable bonds is 4. The van der Waals surface area contributed by atoms with Gasteiger partial charge in [-0.1, -0.05) is 5.21 Å². The SMILES string of the molecule is CCOc1ccc(-c2cn(-c3ccc(N)cc3)nn2)cc1. The predicted molar refractivity (Wildman–Crippen MR) is 82.4 cm³/mol. The molecule has 1 heterocycles. The van der Waals surface area contributed by atoms with Gasteiger partial charge in [-0.2, -0.15) is 0 Å². The molecular formula is C16H16N4O. The molecule has 0 atom stereocenters. The summed E-state index contributed by atoms with van der Waals surface area (Å²) in [6.07, 6.45) is 1.89. The van der Waals surface area contributed by atoms with Crippen LogP contribution in [0.4, 0.5) is 5.69 Å². The molecule has 0 spiro atoms. The van der Waals surface area contributed by atoms with Crippen molar-refractivity contribution in [2.75, 3.05) is 12.3 Å². The number of nitrogen functional groups attached to an aromatic ring is 1. The summed E-state index contributed by atoms with van der Waals surface area (Å²) in [6.45, 7) is 2.62. The molecule has 3 rings (SSSR count). The smallest absolute Gasteiger partial charge is 0.119 e. The van der Waals surface area contributed by atoms with Crippen molar-refractivity contribution in [2.45, 2.75) is 6.92 Å². The van der Waals surface area contributed by atoms with Crippen LogP contribution in [-0.4, -0.2) is 21.6 Å². The molecule has 0 bridgehead atoms. The van der Waals surface area contributed by atoms with Crippen LogP contribution < -0.4 is 10.5 Å². The minimum Gasteiger partial charge on any atom is -0.494 e. The fourth-order valence-electron chi connectivity index (χ4n) is 2.04. The molecule has 0 radical (unpaired) electrons. The van der Waals surface area contributed by atoms with Gasteiger partial charge in [0.2, 0.25) is 0 Å². The van der Waals surface area contributed by atoms with Crippen LogP contribution in [-0.2, 0) is 0 Å². The number of benzene rings is 2. The van der Waals surface area contributed by atoms with E-state index in [0.29, 0.717) is 6.61 Å². The van der Waals surface area contributed by atoms with E-state index >= 15 is 0 Å². The van der Waals surface area contributed by atoms with Crippen LogP contribution in [0, 0.1) is 0 Å².